The molecule has 0 N–H and O–H groups in total. The van der Waals surface area contributed by atoms with E-state index in [1.807, 2.05) is 42.7 Å². The predicted octanol–water partition coefficient (Wildman–Crippen LogP) is 4.34. The molecule has 0 spiro atoms. The third kappa shape index (κ3) is 3.96. The van der Waals surface area contributed by atoms with Crippen LogP contribution in [0.25, 0.3) is 11.4 Å². The molecule has 150 valence electrons. The molecule has 0 atom stereocenters. The molecule has 1 aromatic heterocycles. The van der Waals surface area contributed by atoms with Crippen molar-refractivity contribution in [2.24, 2.45) is 0 Å². The summed E-state index contributed by atoms with van der Waals surface area (Å²) in [6, 6.07) is 11.2. The zero-order valence-corrected chi connectivity index (χ0v) is 16.9. The van der Waals surface area contributed by atoms with Crippen LogP contribution >= 0.6 is 11.8 Å². The highest BCUT2D eigenvalue weighted by atomic mass is 32.2. The second-order valence-corrected chi connectivity index (χ2v) is 7.61. The van der Waals surface area contributed by atoms with E-state index in [1.165, 1.54) is 23.4 Å². The second-order valence-electron chi connectivity index (χ2n) is 6.67. The van der Waals surface area contributed by atoms with E-state index in [0.29, 0.717) is 23.7 Å². The van der Waals surface area contributed by atoms with E-state index in [2.05, 4.69) is 10.2 Å². The third-order valence-corrected chi connectivity index (χ3v) is 5.70. The number of hydrogen-bond acceptors (Lipinski definition) is 7. The molecule has 0 radical (unpaired) electrons. The maximum absolute atomic E-state index is 11.3. The van der Waals surface area contributed by atoms with E-state index in [1.54, 1.807) is 6.07 Å². The van der Waals surface area contributed by atoms with Crippen LogP contribution in [-0.4, -0.2) is 26.5 Å². The minimum absolute atomic E-state index is 0.0331. The van der Waals surface area contributed by atoms with Crippen LogP contribution < -0.4 is 4.74 Å². The van der Waals surface area contributed by atoms with Crippen LogP contribution in [0.2, 0.25) is 0 Å². The number of benzene rings is 2. The molecule has 0 aliphatic carbocycles. The molecule has 0 saturated heterocycles. The lowest BCUT2D eigenvalue weighted by molar-refractivity contribution is -0.385. The standard InChI is InChI=1S/C20H20N4O4S/c1-3-23-19(14-6-4-13(2)5-7-14)21-22-20(23)29-11-16-9-17(24(25)26)8-15-10-27-12-28-18(15)16/h4-9H,3,10-12H2,1-2H3. The van der Waals surface area contributed by atoms with Crippen LogP contribution in [0.1, 0.15) is 23.6 Å². The van der Waals surface area contributed by atoms with Crippen LogP contribution in [0.3, 0.4) is 0 Å². The zero-order chi connectivity index (χ0) is 20.4. The molecule has 4 rings (SSSR count). The molecular weight excluding hydrogens is 392 g/mol. The Morgan fingerprint density at radius 2 is 2.03 bits per heavy atom. The Hall–Kier alpha value is -2.91. The van der Waals surface area contributed by atoms with Gasteiger partial charge in [-0.25, -0.2) is 0 Å². The van der Waals surface area contributed by atoms with Gasteiger partial charge in [-0.1, -0.05) is 41.6 Å². The lowest BCUT2D eigenvalue weighted by Crippen LogP contribution is -2.13. The Bertz CT molecular complexity index is 1050. The molecule has 0 unspecified atom stereocenters. The van der Waals surface area contributed by atoms with Crippen molar-refractivity contribution in [1.29, 1.82) is 0 Å². The van der Waals surface area contributed by atoms with Gasteiger partial charge in [0.25, 0.3) is 5.69 Å². The second kappa shape index (κ2) is 8.22. The fraction of sp³-hybridized carbons (Fsp3) is 0.300. The van der Waals surface area contributed by atoms with Crippen molar-refractivity contribution in [3.8, 4) is 17.1 Å². The van der Waals surface area contributed by atoms with E-state index in [-0.39, 0.29) is 12.5 Å². The van der Waals surface area contributed by atoms with Gasteiger partial charge in [0, 0.05) is 41.1 Å². The van der Waals surface area contributed by atoms with Gasteiger partial charge in [-0.15, -0.1) is 10.2 Å². The first-order valence-corrected chi connectivity index (χ1v) is 10.2. The molecule has 8 nitrogen and oxygen atoms in total. The van der Waals surface area contributed by atoms with Crippen LogP contribution in [0.5, 0.6) is 5.75 Å². The summed E-state index contributed by atoms with van der Waals surface area (Å²) in [5, 5.41) is 20.8. The number of fused-ring (bicyclic) bond motifs is 1. The average molecular weight is 412 g/mol. The number of hydrogen-bond donors (Lipinski definition) is 0. The highest BCUT2D eigenvalue weighted by Gasteiger charge is 2.22. The Labute approximate surface area is 172 Å². The van der Waals surface area contributed by atoms with Crippen molar-refractivity contribution in [1.82, 2.24) is 14.8 Å². The molecule has 2 aromatic carbocycles. The summed E-state index contributed by atoms with van der Waals surface area (Å²) in [4.78, 5) is 10.9. The molecule has 3 aromatic rings. The Balaban J connectivity index is 1.62. The first kappa shape index (κ1) is 19.4. The van der Waals surface area contributed by atoms with Gasteiger partial charge in [0.15, 0.2) is 17.8 Å². The van der Waals surface area contributed by atoms with Gasteiger partial charge in [0.1, 0.15) is 5.75 Å². The number of nitro groups is 1. The lowest BCUT2D eigenvalue weighted by atomic mass is 10.1. The zero-order valence-electron chi connectivity index (χ0n) is 16.1. The normalized spacial score (nSPS) is 13.0. The number of aromatic nitrogens is 3. The molecule has 9 heteroatoms. The topological polar surface area (TPSA) is 92.3 Å². The first-order chi connectivity index (χ1) is 14.1. The van der Waals surface area contributed by atoms with Crippen molar-refractivity contribution >= 4 is 17.4 Å². The molecule has 0 bridgehead atoms. The van der Waals surface area contributed by atoms with Crippen LogP contribution in [0.15, 0.2) is 41.6 Å². The monoisotopic (exact) mass is 412 g/mol. The molecular formula is C20H20N4O4S. The molecule has 29 heavy (non-hydrogen) atoms. The summed E-state index contributed by atoms with van der Waals surface area (Å²) in [6.45, 7) is 5.25. The fourth-order valence-corrected chi connectivity index (χ4v) is 4.20. The summed E-state index contributed by atoms with van der Waals surface area (Å²) >= 11 is 1.48. The van der Waals surface area contributed by atoms with Crippen LogP contribution in [-0.2, 0) is 23.6 Å². The summed E-state index contributed by atoms with van der Waals surface area (Å²) < 4.78 is 12.9. The van der Waals surface area contributed by atoms with E-state index in [4.69, 9.17) is 9.47 Å². The molecule has 1 aliphatic heterocycles. The van der Waals surface area contributed by atoms with Crippen molar-refractivity contribution in [3.63, 3.8) is 0 Å². The maximum atomic E-state index is 11.3. The first-order valence-electron chi connectivity index (χ1n) is 9.20. The van der Waals surface area contributed by atoms with Gasteiger partial charge in [-0.3, -0.25) is 10.1 Å². The Morgan fingerprint density at radius 1 is 1.24 bits per heavy atom. The van der Waals surface area contributed by atoms with Crippen molar-refractivity contribution < 1.29 is 14.4 Å². The minimum Gasteiger partial charge on any atom is -0.467 e. The Morgan fingerprint density at radius 3 is 2.76 bits per heavy atom. The van der Waals surface area contributed by atoms with Crippen LogP contribution in [0.4, 0.5) is 5.69 Å². The van der Waals surface area contributed by atoms with E-state index < -0.39 is 4.92 Å². The Kier molecular flexibility index (Phi) is 5.50. The summed E-state index contributed by atoms with van der Waals surface area (Å²) in [7, 11) is 0. The number of nitro benzene ring substituents is 1. The number of non-ortho nitro benzene ring substituents is 1. The molecule has 2 heterocycles. The van der Waals surface area contributed by atoms with E-state index in [0.717, 1.165) is 28.7 Å². The molecule has 0 saturated carbocycles. The van der Waals surface area contributed by atoms with Crippen LogP contribution in [0, 0.1) is 17.0 Å². The van der Waals surface area contributed by atoms with Gasteiger partial charge >= 0.3 is 0 Å². The molecule has 1 aliphatic rings. The smallest absolute Gasteiger partial charge is 0.270 e. The highest BCUT2D eigenvalue weighted by Crippen LogP contribution is 2.36. The quantitative estimate of drug-likeness (QED) is 0.338. The molecule has 0 amide bonds. The van der Waals surface area contributed by atoms with Crippen molar-refractivity contribution in [2.45, 2.75) is 37.9 Å². The summed E-state index contributed by atoms with van der Waals surface area (Å²) in [5.41, 5.74) is 3.67. The lowest BCUT2D eigenvalue weighted by Gasteiger charge is -2.20. The van der Waals surface area contributed by atoms with Gasteiger partial charge in [-0.05, 0) is 13.8 Å². The van der Waals surface area contributed by atoms with E-state index >= 15 is 0 Å². The van der Waals surface area contributed by atoms with Crippen molar-refractivity contribution in [3.05, 3.63) is 63.2 Å². The highest BCUT2D eigenvalue weighted by molar-refractivity contribution is 7.98. The predicted molar refractivity (Wildman–Crippen MR) is 109 cm³/mol. The SMILES string of the molecule is CCn1c(SCc2cc([N+](=O)[O-])cc3c2OCOC3)nnc1-c1ccc(C)cc1. The van der Waals surface area contributed by atoms with Gasteiger partial charge < -0.3 is 14.0 Å². The minimum atomic E-state index is -0.396. The van der Waals surface area contributed by atoms with Gasteiger partial charge in [-0.2, -0.15) is 0 Å². The number of thioether (sulfide) groups is 1. The van der Waals surface area contributed by atoms with Crippen molar-refractivity contribution in [2.75, 3.05) is 6.79 Å². The summed E-state index contributed by atoms with van der Waals surface area (Å²) in [6.07, 6.45) is 0. The van der Waals surface area contributed by atoms with E-state index in [9.17, 15) is 10.1 Å². The number of rotatable bonds is 6. The largest absolute Gasteiger partial charge is 0.467 e. The number of aryl methyl sites for hydroxylation is 1. The summed E-state index contributed by atoms with van der Waals surface area (Å²) in [5.74, 6) is 1.95. The van der Waals surface area contributed by atoms with Gasteiger partial charge in [0.05, 0.1) is 11.5 Å². The fourth-order valence-electron chi connectivity index (χ4n) is 3.23. The maximum Gasteiger partial charge on any atom is 0.270 e. The number of ether oxygens (including phenoxy) is 2. The third-order valence-electron chi connectivity index (χ3n) is 4.68. The number of nitrogens with zero attached hydrogens (tertiary/aromatic N) is 4. The molecule has 0 fully saturated rings. The average Bonchev–Trinajstić information content (AvgIpc) is 3.15. The van der Waals surface area contributed by atoms with Gasteiger partial charge in [0.2, 0.25) is 0 Å².